The minimum Gasteiger partial charge on any atom is -0.497 e. The molecule has 2 amide bonds. The van der Waals surface area contributed by atoms with Crippen LogP contribution in [0.1, 0.15) is 75.8 Å². The van der Waals surface area contributed by atoms with Gasteiger partial charge < -0.3 is 15.4 Å². The van der Waals surface area contributed by atoms with Crippen molar-refractivity contribution in [2.45, 2.75) is 70.3 Å². The van der Waals surface area contributed by atoms with E-state index in [-0.39, 0.29) is 29.8 Å². The van der Waals surface area contributed by atoms with Crippen LogP contribution in [-0.4, -0.2) is 50.0 Å². The second-order valence-electron chi connectivity index (χ2n) is 11.6. The molecule has 4 saturated carbocycles. The van der Waals surface area contributed by atoms with Crippen molar-refractivity contribution in [1.82, 2.24) is 15.5 Å². The van der Waals surface area contributed by atoms with Crippen LogP contribution in [0.15, 0.2) is 24.3 Å². The Balaban J connectivity index is 1.12. The summed E-state index contributed by atoms with van der Waals surface area (Å²) in [6.07, 6.45) is 12.1. The predicted molar refractivity (Wildman–Crippen MR) is 132 cm³/mol. The molecule has 1 aromatic rings. The first kappa shape index (κ1) is 23.7. The van der Waals surface area contributed by atoms with Crippen molar-refractivity contribution >= 4 is 11.8 Å². The summed E-state index contributed by atoms with van der Waals surface area (Å²) in [6.45, 7) is 2.72. The first-order chi connectivity index (χ1) is 16.5. The highest BCUT2D eigenvalue weighted by Gasteiger charge is 2.51. The van der Waals surface area contributed by atoms with E-state index in [2.05, 4.69) is 27.7 Å². The number of hydrogen-bond acceptors (Lipinski definition) is 4. The van der Waals surface area contributed by atoms with Crippen molar-refractivity contribution in [2.75, 3.05) is 33.3 Å². The molecule has 5 fully saturated rings. The van der Waals surface area contributed by atoms with Gasteiger partial charge in [0.2, 0.25) is 11.8 Å². The fourth-order valence-corrected chi connectivity index (χ4v) is 7.88. The standard InChI is InChI=1S/C28H41N3O3/c1-34-24-7-5-23(6-8-24)25(31-9-3-2-4-10-31)18-29-27(33)19-30-26(32)17-28-14-20-11-21(15-28)13-22(12-20)16-28/h5-8,20-22,25H,2-4,9-19H2,1H3,(H,29,33)(H,30,32). The van der Waals surface area contributed by atoms with E-state index in [1.165, 1.54) is 63.4 Å². The van der Waals surface area contributed by atoms with Gasteiger partial charge in [-0.1, -0.05) is 18.6 Å². The van der Waals surface area contributed by atoms with Gasteiger partial charge in [0, 0.05) is 13.0 Å². The van der Waals surface area contributed by atoms with Crippen molar-refractivity contribution in [1.29, 1.82) is 0 Å². The third-order valence-electron chi connectivity index (χ3n) is 8.97. The molecule has 1 saturated heterocycles. The maximum atomic E-state index is 12.8. The lowest BCUT2D eigenvalue weighted by Gasteiger charge is -2.56. The van der Waals surface area contributed by atoms with Gasteiger partial charge in [0.15, 0.2) is 0 Å². The topological polar surface area (TPSA) is 70.7 Å². The van der Waals surface area contributed by atoms with Crippen molar-refractivity contribution in [2.24, 2.45) is 23.2 Å². The smallest absolute Gasteiger partial charge is 0.239 e. The maximum absolute atomic E-state index is 12.8. The molecule has 4 aliphatic carbocycles. The number of ether oxygens (including phenoxy) is 1. The van der Waals surface area contributed by atoms with E-state index in [9.17, 15) is 9.59 Å². The van der Waals surface area contributed by atoms with Crippen LogP contribution in [0.25, 0.3) is 0 Å². The number of carbonyl (C=O) groups excluding carboxylic acids is 2. The van der Waals surface area contributed by atoms with Gasteiger partial charge in [-0.25, -0.2) is 0 Å². The van der Waals surface area contributed by atoms with Gasteiger partial charge in [-0.2, -0.15) is 0 Å². The molecular weight excluding hydrogens is 426 g/mol. The van der Waals surface area contributed by atoms with Crippen molar-refractivity contribution < 1.29 is 14.3 Å². The van der Waals surface area contributed by atoms with Crippen LogP contribution in [-0.2, 0) is 9.59 Å². The molecule has 2 N–H and O–H groups in total. The zero-order valence-electron chi connectivity index (χ0n) is 20.7. The molecule has 186 valence electrons. The maximum Gasteiger partial charge on any atom is 0.239 e. The first-order valence-electron chi connectivity index (χ1n) is 13.4. The second kappa shape index (κ2) is 10.3. The van der Waals surface area contributed by atoms with E-state index in [1.807, 2.05) is 12.1 Å². The molecule has 1 unspecified atom stereocenters. The van der Waals surface area contributed by atoms with Crippen LogP contribution in [0.2, 0.25) is 0 Å². The molecule has 4 bridgehead atoms. The number of likely N-dealkylation sites (tertiary alicyclic amines) is 1. The van der Waals surface area contributed by atoms with E-state index >= 15 is 0 Å². The average molecular weight is 468 g/mol. The van der Waals surface area contributed by atoms with Gasteiger partial charge in [-0.05, 0) is 105 Å². The summed E-state index contributed by atoms with van der Waals surface area (Å²) in [5.41, 5.74) is 1.40. The molecular formula is C28H41N3O3. The minimum absolute atomic E-state index is 0.0554. The van der Waals surface area contributed by atoms with Crippen LogP contribution in [0.3, 0.4) is 0 Å². The number of amides is 2. The summed E-state index contributed by atoms with van der Waals surface area (Å²) >= 11 is 0. The summed E-state index contributed by atoms with van der Waals surface area (Å²) in [5, 5.41) is 6.03. The van der Waals surface area contributed by atoms with Crippen molar-refractivity contribution in [3.05, 3.63) is 29.8 Å². The molecule has 1 aliphatic heterocycles. The van der Waals surface area contributed by atoms with Crippen molar-refractivity contribution in [3.8, 4) is 5.75 Å². The summed E-state index contributed by atoms with van der Waals surface area (Å²) in [7, 11) is 1.68. The zero-order valence-corrected chi connectivity index (χ0v) is 20.7. The average Bonchev–Trinajstić information content (AvgIpc) is 2.83. The Labute approximate surface area is 204 Å². The Kier molecular flexibility index (Phi) is 7.14. The number of hydrogen-bond donors (Lipinski definition) is 2. The van der Waals surface area contributed by atoms with Crippen LogP contribution in [0.4, 0.5) is 0 Å². The summed E-state index contributed by atoms with van der Waals surface area (Å²) in [5.74, 6) is 3.31. The molecule has 0 aromatic heterocycles. The second-order valence-corrected chi connectivity index (χ2v) is 11.6. The summed E-state index contributed by atoms with van der Waals surface area (Å²) in [6, 6.07) is 8.30. The molecule has 0 spiro atoms. The number of nitrogens with zero attached hydrogens (tertiary/aromatic N) is 1. The van der Waals surface area contributed by atoms with Crippen LogP contribution in [0, 0.1) is 23.2 Å². The highest BCUT2D eigenvalue weighted by Crippen LogP contribution is 2.61. The number of piperidine rings is 1. The van der Waals surface area contributed by atoms with E-state index in [0.717, 1.165) is 36.6 Å². The third-order valence-corrected chi connectivity index (χ3v) is 8.97. The van der Waals surface area contributed by atoms with Gasteiger partial charge in [0.1, 0.15) is 5.75 Å². The lowest BCUT2D eigenvalue weighted by atomic mass is 9.49. The molecule has 1 atom stereocenters. The Hall–Kier alpha value is -2.08. The molecule has 6 heteroatoms. The van der Waals surface area contributed by atoms with Crippen LogP contribution in [0.5, 0.6) is 5.75 Å². The molecule has 1 aromatic carbocycles. The summed E-state index contributed by atoms with van der Waals surface area (Å²) < 4.78 is 5.31. The lowest BCUT2D eigenvalue weighted by Crippen LogP contribution is -2.48. The minimum atomic E-state index is -0.102. The monoisotopic (exact) mass is 467 g/mol. The fraction of sp³-hybridized carbons (Fsp3) is 0.714. The number of benzene rings is 1. The molecule has 5 aliphatic rings. The van der Waals surface area contributed by atoms with Gasteiger partial charge in [-0.15, -0.1) is 0 Å². The van der Waals surface area contributed by atoms with Crippen LogP contribution < -0.4 is 15.4 Å². The Morgan fingerprint density at radius 3 is 2.15 bits per heavy atom. The largest absolute Gasteiger partial charge is 0.497 e. The fourth-order valence-electron chi connectivity index (χ4n) is 7.88. The Bertz CT molecular complexity index is 827. The molecule has 1 heterocycles. The van der Waals surface area contributed by atoms with Crippen LogP contribution >= 0.6 is 0 Å². The van der Waals surface area contributed by atoms with Gasteiger partial charge in [-0.3, -0.25) is 14.5 Å². The number of carbonyl (C=O) groups is 2. The first-order valence-corrected chi connectivity index (χ1v) is 13.4. The molecule has 34 heavy (non-hydrogen) atoms. The van der Waals surface area contributed by atoms with Crippen molar-refractivity contribution in [3.63, 3.8) is 0 Å². The zero-order chi connectivity index (χ0) is 23.5. The van der Waals surface area contributed by atoms with Gasteiger partial charge >= 0.3 is 0 Å². The van der Waals surface area contributed by atoms with Gasteiger partial charge in [0.05, 0.1) is 19.7 Å². The summed E-state index contributed by atoms with van der Waals surface area (Å²) in [4.78, 5) is 27.9. The third kappa shape index (κ3) is 5.42. The molecule has 6 rings (SSSR count). The number of rotatable bonds is 9. The van der Waals surface area contributed by atoms with E-state index in [4.69, 9.17) is 4.74 Å². The lowest BCUT2D eigenvalue weighted by molar-refractivity contribution is -0.132. The van der Waals surface area contributed by atoms with E-state index in [0.29, 0.717) is 13.0 Å². The highest BCUT2D eigenvalue weighted by molar-refractivity contribution is 5.85. The predicted octanol–water partition coefficient (Wildman–Crippen LogP) is 4.06. The molecule has 6 nitrogen and oxygen atoms in total. The highest BCUT2D eigenvalue weighted by atomic mass is 16.5. The SMILES string of the molecule is COc1ccc(C(CNC(=O)CNC(=O)CC23CC4CC(CC(C4)C2)C3)N2CCCCC2)cc1. The number of nitrogens with one attached hydrogen (secondary N) is 2. The quantitative estimate of drug-likeness (QED) is 0.575. The van der Waals surface area contributed by atoms with E-state index < -0.39 is 0 Å². The number of methoxy groups -OCH3 is 1. The van der Waals surface area contributed by atoms with E-state index in [1.54, 1.807) is 7.11 Å². The molecule has 0 radical (unpaired) electrons. The Morgan fingerprint density at radius 2 is 1.56 bits per heavy atom. The Morgan fingerprint density at radius 1 is 0.941 bits per heavy atom. The van der Waals surface area contributed by atoms with Gasteiger partial charge in [0.25, 0.3) is 0 Å². The normalized spacial score (nSPS) is 31.1.